The first-order chi connectivity index (χ1) is 13.0. The van der Waals surface area contributed by atoms with Crippen molar-refractivity contribution < 1.29 is 13.2 Å². The number of benzene rings is 1. The van der Waals surface area contributed by atoms with E-state index in [2.05, 4.69) is 14.7 Å². The van der Waals surface area contributed by atoms with Crippen LogP contribution >= 0.6 is 0 Å². The molecular weight excluding hydrogens is 366 g/mol. The van der Waals surface area contributed by atoms with Gasteiger partial charge in [-0.1, -0.05) is 0 Å². The summed E-state index contributed by atoms with van der Waals surface area (Å²) in [7, 11) is -3.64. The number of nitrogens with one attached hydrogen (secondary N) is 1. The summed E-state index contributed by atoms with van der Waals surface area (Å²) in [5.74, 6) is 0.210. The number of aromatic nitrogens is 2. The fraction of sp³-hybridized carbons (Fsp3) is 0.333. The lowest BCUT2D eigenvalue weighted by Crippen LogP contribution is -2.39. The zero-order chi connectivity index (χ0) is 19.3. The predicted octanol–water partition coefficient (Wildman–Crippen LogP) is 1.89. The molecule has 0 amide bonds. The molecule has 3 rings (SSSR count). The van der Waals surface area contributed by atoms with Crippen molar-refractivity contribution in [3.63, 3.8) is 0 Å². The lowest BCUT2D eigenvalue weighted by atomic mass is 9.94. The van der Waals surface area contributed by atoms with Crippen molar-refractivity contribution in [2.75, 3.05) is 0 Å². The van der Waals surface area contributed by atoms with E-state index in [9.17, 15) is 8.42 Å². The molecule has 1 aromatic carbocycles. The van der Waals surface area contributed by atoms with Gasteiger partial charge in [0.05, 0.1) is 16.5 Å². The van der Waals surface area contributed by atoms with E-state index in [4.69, 9.17) is 15.3 Å². The Balaban J connectivity index is 1.57. The van der Waals surface area contributed by atoms with Gasteiger partial charge in [-0.05, 0) is 49.9 Å². The summed E-state index contributed by atoms with van der Waals surface area (Å²) >= 11 is 0. The number of rotatable bonds is 5. The minimum Gasteiger partial charge on any atom is -0.472 e. The molecule has 0 saturated heterocycles. The third-order valence-corrected chi connectivity index (χ3v) is 5.88. The van der Waals surface area contributed by atoms with E-state index in [1.165, 1.54) is 36.7 Å². The molecule has 138 valence electrons. The average molecular weight is 383 g/mol. The van der Waals surface area contributed by atoms with Gasteiger partial charge in [0.25, 0.3) is 5.88 Å². The molecule has 1 aromatic heterocycles. The molecule has 0 aliphatic heterocycles. The summed E-state index contributed by atoms with van der Waals surface area (Å²) in [6.07, 6.45) is 5.27. The molecule has 1 N–H and O–H groups in total. The van der Waals surface area contributed by atoms with Crippen LogP contribution in [-0.2, 0) is 10.0 Å². The van der Waals surface area contributed by atoms with Gasteiger partial charge in [-0.15, -0.1) is 0 Å². The van der Waals surface area contributed by atoms with Gasteiger partial charge >= 0.3 is 0 Å². The van der Waals surface area contributed by atoms with Crippen molar-refractivity contribution in [2.45, 2.75) is 42.7 Å². The van der Waals surface area contributed by atoms with E-state index < -0.39 is 10.0 Å². The largest absolute Gasteiger partial charge is 0.472 e. The number of nitriles is 2. The second-order valence-corrected chi connectivity index (χ2v) is 7.88. The first kappa shape index (κ1) is 18.8. The Morgan fingerprint density at radius 2 is 1.67 bits per heavy atom. The molecule has 2 aromatic rings. The second-order valence-electron chi connectivity index (χ2n) is 6.17. The molecule has 1 fully saturated rings. The van der Waals surface area contributed by atoms with E-state index in [0.29, 0.717) is 31.2 Å². The van der Waals surface area contributed by atoms with E-state index >= 15 is 0 Å². The Morgan fingerprint density at radius 3 is 2.30 bits per heavy atom. The van der Waals surface area contributed by atoms with Crippen molar-refractivity contribution in [3.05, 3.63) is 47.9 Å². The van der Waals surface area contributed by atoms with Crippen LogP contribution in [-0.4, -0.2) is 30.5 Å². The Hall–Kier alpha value is -3.01. The molecule has 27 heavy (non-hydrogen) atoms. The summed E-state index contributed by atoms with van der Waals surface area (Å²) in [6, 6.07) is 9.52. The number of hydrogen-bond acceptors (Lipinski definition) is 7. The maximum atomic E-state index is 12.5. The van der Waals surface area contributed by atoms with Gasteiger partial charge in [-0.25, -0.2) is 23.1 Å². The third kappa shape index (κ3) is 4.59. The molecule has 0 spiro atoms. The van der Waals surface area contributed by atoms with Crippen molar-refractivity contribution >= 4 is 10.0 Å². The van der Waals surface area contributed by atoms with Gasteiger partial charge in [-0.3, -0.25) is 0 Å². The number of ether oxygens (including phenoxy) is 1. The third-order valence-electron chi connectivity index (χ3n) is 4.34. The van der Waals surface area contributed by atoms with Crippen LogP contribution in [0.5, 0.6) is 5.88 Å². The highest BCUT2D eigenvalue weighted by atomic mass is 32.2. The van der Waals surface area contributed by atoms with Gasteiger partial charge in [-0.2, -0.15) is 10.5 Å². The Labute approximate surface area is 157 Å². The Bertz CT molecular complexity index is 985. The van der Waals surface area contributed by atoms with Gasteiger partial charge in [0.15, 0.2) is 0 Å². The smallest absolute Gasteiger partial charge is 0.251 e. The minimum atomic E-state index is -3.64. The number of hydrogen-bond donors (Lipinski definition) is 1. The summed E-state index contributed by atoms with van der Waals surface area (Å²) in [5.41, 5.74) is 0.550. The van der Waals surface area contributed by atoms with Crippen LogP contribution in [0.25, 0.3) is 0 Å². The van der Waals surface area contributed by atoms with Crippen molar-refractivity contribution in [2.24, 2.45) is 0 Å². The lowest BCUT2D eigenvalue weighted by Gasteiger charge is -2.29. The maximum absolute atomic E-state index is 12.5. The zero-order valence-electron chi connectivity index (χ0n) is 14.4. The minimum absolute atomic E-state index is 0.135. The lowest BCUT2D eigenvalue weighted by molar-refractivity contribution is 0.137. The highest BCUT2D eigenvalue weighted by molar-refractivity contribution is 7.89. The fourth-order valence-corrected chi connectivity index (χ4v) is 4.25. The SMILES string of the molecule is N#Cc1ccc(S(=O)(=O)NC2CCC(Oc3nccnc3C#N)CC2)cc1. The summed E-state index contributed by atoms with van der Waals surface area (Å²) in [5, 5.41) is 17.8. The number of sulfonamides is 1. The van der Waals surface area contributed by atoms with Crippen LogP contribution in [0.15, 0.2) is 41.6 Å². The quantitative estimate of drug-likeness (QED) is 0.834. The van der Waals surface area contributed by atoms with Crippen molar-refractivity contribution in [1.82, 2.24) is 14.7 Å². The molecule has 0 atom stereocenters. The standard InChI is InChI=1S/C18H17N5O3S/c19-11-13-1-7-16(8-2-13)27(24,25)23-14-3-5-15(6-4-14)26-18-17(12-20)21-9-10-22-18/h1-2,7-10,14-15,23H,3-6H2. The molecule has 1 aliphatic carbocycles. The van der Waals surface area contributed by atoms with Crippen molar-refractivity contribution in [3.8, 4) is 18.0 Å². The first-order valence-corrected chi connectivity index (χ1v) is 9.90. The molecule has 0 bridgehead atoms. The first-order valence-electron chi connectivity index (χ1n) is 8.42. The zero-order valence-corrected chi connectivity index (χ0v) is 15.2. The monoisotopic (exact) mass is 383 g/mol. The van der Waals surface area contributed by atoms with Gasteiger partial charge in [0.2, 0.25) is 15.7 Å². The van der Waals surface area contributed by atoms with Crippen LogP contribution in [0.3, 0.4) is 0 Å². The molecule has 9 heteroatoms. The number of nitrogens with zero attached hydrogens (tertiary/aromatic N) is 4. The van der Waals surface area contributed by atoms with Crippen LogP contribution in [0.4, 0.5) is 0 Å². The summed E-state index contributed by atoms with van der Waals surface area (Å²) in [4.78, 5) is 8.08. The van der Waals surface area contributed by atoms with Crippen LogP contribution < -0.4 is 9.46 Å². The van der Waals surface area contributed by atoms with E-state index in [0.717, 1.165) is 0 Å². The Morgan fingerprint density at radius 1 is 1.00 bits per heavy atom. The average Bonchev–Trinajstić information content (AvgIpc) is 2.70. The molecule has 1 heterocycles. The highest BCUT2D eigenvalue weighted by Crippen LogP contribution is 2.25. The van der Waals surface area contributed by atoms with E-state index in [1.54, 1.807) is 0 Å². The van der Waals surface area contributed by atoms with Gasteiger partial charge in [0.1, 0.15) is 12.2 Å². The van der Waals surface area contributed by atoms with Gasteiger partial charge < -0.3 is 4.74 Å². The van der Waals surface area contributed by atoms with Crippen LogP contribution in [0.1, 0.15) is 36.9 Å². The predicted molar refractivity (Wildman–Crippen MR) is 94.9 cm³/mol. The summed E-state index contributed by atoms with van der Waals surface area (Å²) in [6.45, 7) is 0. The molecular formula is C18H17N5O3S. The summed E-state index contributed by atoms with van der Waals surface area (Å²) < 4.78 is 33.4. The molecule has 1 saturated carbocycles. The van der Waals surface area contributed by atoms with Gasteiger partial charge in [0, 0.05) is 18.4 Å². The molecule has 8 nitrogen and oxygen atoms in total. The van der Waals surface area contributed by atoms with Crippen LogP contribution in [0.2, 0.25) is 0 Å². The molecule has 1 aliphatic rings. The highest BCUT2D eigenvalue weighted by Gasteiger charge is 2.27. The Kier molecular flexibility index (Phi) is 5.65. The topological polar surface area (TPSA) is 129 Å². The van der Waals surface area contributed by atoms with Crippen LogP contribution in [0, 0.1) is 22.7 Å². The molecule has 0 unspecified atom stereocenters. The normalized spacial score (nSPS) is 19.6. The van der Waals surface area contributed by atoms with E-state index in [1.807, 2.05) is 12.1 Å². The molecule has 0 radical (unpaired) electrons. The fourth-order valence-electron chi connectivity index (χ4n) is 2.94. The second kappa shape index (κ2) is 8.12. The van der Waals surface area contributed by atoms with E-state index in [-0.39, 0.29) is 28.6 Å². The maximum Gasteiger partial charge on any atom is 0.251 e. The van der Waals surface area contributed by atoms with Crippen molar-refractivity contribution in [1.29, 1.82) is 10.5 Å².